The van der Waals surface area contributed by atoms with Crippen LogP contribution in [-0.4, -0.2) is 42.1 Å². The van der Waals surface area contributed by atoms with Crippen molar-refractivity contribution in [1.82, 2.24) is 10.2 Å². The van der Waals surface area contributed by atoms with E-state index in [0.29, 0.717) is 5.56 Å². The Bertz CT molecular complexity index is 450. The molecule has 106 valence electrons. The standard InChI is InChI=1S/C13H17BrN2O2.ClH/c1-16(10-4-6-15-7-5-10)13(18)11-8-9(14)2-3-12(11)17;/h2-3,8,10,15,17H,4-7H2,1H3;1H. The number of amides is 1. The maximum absolute atomic E-state index is 12.3. The van der Waals surface area contributed by atoms with Crippen molar-refractivity contribution in [2.24, 2.45) is 0 Å². The molecule has 1 amide bonds. The smallest absolute Gasteiger partial charge is 0.257 e. The van der Waals surface area contributed by atoms with Crippen LogP contribution in [0.4, 0.5) is 0 Å². The number of phenolic OH excluding ortho intramolecular Hbond substituents is 1. The predicted octanol–water partition coefficient (Wildman–Crippen LogP) is 2.40. The molecule has 0 aromatic heterocycles. The summed E-state index contributed by atoms with van der Waals surface area (Å²) in [6.45, 7) is 1.87. The van der Waals surface area contributed by atoms with Crippen molar-refractivity contribution in [1.29, 1.82) is 0 Å². The second kappa shape index (κ2) is 7.12. The van der Waals surface area contributed by atoms with E-state index in [1.165, 1.54) is 6.07 Å². The number of carbonyl (C=O) groups excluding carboxylic acids is 1. The zero-order valence-corrected chi connectivity index (χ0v) is 13.1. The maximum atomic E-state index is 12.3. The zero-order chi connectivity index (χ0) is 13.1. The second-order valence-corrected chi connectivity index (χ2v) is 5.47. The Kier molecular flexibility index (Phi) is 6.10. The Hall–Kier alpha value is -0.780. The minimum atomic E-state index is -0.124. The lowest BCUT2D eigenvalue weighted by Gasteiger charge is -2.31. The summed E-state index contributed by atoms with van der Waals surface area (Å²) in [7, 11) is 1.80. The van der Waals surface area contributed by atoms with E-state index in [4.69, 9.17) is 0 Å². The third-order valence-corrected chi connectivity index (χ3v) is 3.86. The highest BCUT2D eigenvalue weighted by atomic mass is 79.9. The first-order valence-electron chi connectivity index (χ1n) is 6.06. The maximum Gasteiger partial charge on any atom is 0.257 e. The molecule has 0 bridgehead atoms. The fourth-order valence-electron chi connectivity index (χ4n) is 2.23. The summed E-state index contributed by atoms with van der Waals surface area (Å²) in [5, 5.41) is 13.0. The molecule has 1 aromatic rings. The van der Waals surface area contributed by atoms with Gasteiger partial charge in [0.05, 0.1) is 5.56 Å². The fourth-order valence-corrected chi connectivity index (χ4v) is 2.59. The molecule has 1 aliphatic rings. The SMILES string of the molecule is CN(C(=O)c1cc(Br)ccc1O)C1CCNCC1.Cl. The van der Waals surface area contributed by atoms with Crippen molar-refractivity contribution in [2.45, 2.75) is 18.9 Å². The predicted molar refractivity (Wildman–Crippen MR) is 81.0 cm³/mol. The number of halogens is 2. The third-order valence-electron chi connectivity index (χ3n) is 3.37. The molecule has 1 saturated heterocycles. The molecule has 2 N–H and O–H groups in total. The molecule has 2 rings (SSSR count). The van der Waals surface area contributed by atoms with Crippen molar-refractivity contribution >= 4 is 34.2 Å². The number of benzene rings is 1. The summed E-state index contributed by atoms with van der Waals surface area (Å²) in [4.78, 5) is 14.1. The van der Waals surface area contributed by atoms with Crippen LogP contribution in [-0.2, 0) is 0 Å². The van der Waals surface area contributed by atoms with Crippen LogP contribution in [0.25, 0.3) is 0 Å². The summed E-state index contributed by atoms with van der Waals surface area (Å²) in [5.74, 6) is -0.0929. The van der Waals surface area contributed by atoms with Crippen LogP contribution >= 0.6 is 28.3 Å². The van der Waals surface area contributed by atoms with Gasteiger partial charge in [0.25, 0.3) is 5.91 Å². The molecule has 0 aliphatic carbocycles. The van der Waals surface area contributed by atoms with Crippen LogP contribution in [0.1, 0.15) is 23.2 Å². The summed E-state index contributed by atoms with van der Waals surface area (Å²) in [6.07, 6.45) is 1.91. The van der Waals surface area contributed by atoms with E-state index in [1.807, 2.05) is 0 Å². The van der Waals surface area contributed by atoms with Crippen molar-refractivity contribution < 1.29 is 9.90 Å². The molecular weight excluding hydrogens is 332 g/mol. The number of nitrogens with zero attached hydrogens (tertiary/aromatic N) is 1. The van der Waals surface area contributed by atoms with Gasteiger partial charge in [0.1, 0.15) is 5.75 Å². The molecule has 1 heterocycles. The quantitative estimate of drug-likeness (QED) is 0.862. The van der Waals surface area contributed by atoms with Crippen molar-refractivity contribution in [3.63, 3.8) is 0 Å². The van der Waals surface area contributed by atoms with Crippen molar-refractivity contribution in [3.8, 4) is 5.75 Å². The van der Waals surface area contributed by atoms with E-state index in [9.17, 15) is 9.90 Å². The molecule has 0 spiro atoms. The molecule has 0 radical (unpaired) electrons. The molecule has 0 saturated carbocycles. The summed E-state index contributed by atoms with van der Waals surface area (Å²) in [5.41, 5.74) is 0.352. The highest BCUT2D eigenvalue weighted by Crippen LogP contribution is 2.24. The van der Waals surface area contributed by atoms with Gasteiger partial charge in [-0.1, -0.05) is 15.9 Å². The molecule has 1 aromatic carbocycles. The minimum Gasteiger partial charge on any atom is -0.507 e. The highest BCUT2D eigenvalue weighted by molar-refractivity contribution is 9.10. The lowest BCUT2D eigenvalue weighted by molar-refractivity contribution is 0.0700. The van der Waals surface area contributed by atoms with Crippen LogP contribution in [0.15, 0.2) is 22.7 Å². The van der Waals surface area contributed by atoms with Gasteiger partial charge in [-0.05, 0) is 44.1 Å². The molecule has 0 unspecified atom stereocenters. The van der Waals surface area contributed by atoms with Gasteiger partial charge in [-0.3, -0.25) is 4.79 Å². The largest absolute Gasteiger partial charge is 0.507 e. The van der Waals surface area contributed by atoms with Gasteiger partial charge in [0, 0.05) is 17.6 Å². The lowest BCUT2D eigenvalue weighted by atomic mass is 10.0. The van der Waals surface area contributed by atoms with E-state index in [0.717, 1.165) is 30.4 Å². The first-order valence-corrected chi connectivity index (χ1v) is 6.85. The van der Waals surface area contributed by atoms with Crippen molar-refractivity contribution in [2.75, 3.05) is 20.1 Å². The average Bonchev–Trinajstić information content (AvgIpc) is 2.41. The highest BCUT2D eigenvalue weighted by Gasteiger charge is 2.24. The van der Waals surface area contributed by atoms with E-state index in [2.05, 4.69) is 21.2 Å². The number of carbonyl (C=O) groups is 1. The average molecular weight is 350 g/mol. The van der Waals surface area contributed by atoms with Crippen LogP contribution in [0.5, 0.6) is 5.75 Å². The first kappa shape index (κ1) is 16.3. The van der Waals surface area contributed by atoms with Crippen LogP contribution < -0.4 is 5.32 Å². The molecule has 0 atom stereocenters. The molecule has 1 fully saturated rings. The molecular formula is C13H18BrClN2O2. The summed E-state index contributed by atoms with van der Waals surface area (Å²) < 4.78 is 0.794. The van der Waals surface area contributed by atoms with Gasteiger partial charge in [-0.2, -0.15) is 0 Å². The van der Waals surface area contributed by atoms with Crippen molar-refractivity contribution in [3.05, 3.63) is 28.2 Å². The van der Waals surface area contributed by atoms with Crippen LogP contribution in [0, 0.1) is 0 Å². The Balaban J connectivity index is 0.00000180. The number of phenols is 1. The second-order valence-electron chi connectivity index (χ2n) is 4.56. The van der Waals surface area contributed by atoms with E-state index in [1.54, 1.807) is 24.1 Å². The molecule has 19 heavy (non-hydrogen) atoms. The monoisotopic (exact) mass is 348 g/mol. The van der Waals surface area contributed by atoms with E-state index < -0.39 is 0 Å². The number of hydrogen-bond acceptors (Lipinski definition) is 3. The topological polar surface area (TPSA) is 52.6 Å². The summed E-state index contributed by atoms with van der Waals surface area (Å²) in [6, 6.07) is 5.16. The van der Waals surface area contributed by atoms with Crippen LogP contribution in [0.2, 0.25) is 0 Å². The normalized spacial score (nSPS) is 15.7. The van der Waals surface area contributed by atoms with Gasteiger partial charge >= 0.3 is 0 Å². The number of rotatable bonds is 2. The Labute approximate surface area is 127 Å². The van der Waals surface area contributed by atoms with Gasteiger partial charge in [-0.25, -0.2) is 0 Å². The fraction of sp³-hybridized carbons (Fsp3) is 0.462. The lowest BCUT2D eigenvalue weighted by Crippen LogP contribution is -2.43. The molecule has 6 heteroatoms. The number of hydrogen-bond donors (Lipinski definition) is 2. The van der Waals surface area contributed by atoms with E-state index >= 15 is 0 Å². The number of aromatic hydroxyl groups is 1. The van der Waals surface area contributed by atoms with E-state index in [-0.39, 0.29) is 30.1 Å². The number of piperidine rings is 1. The third kappa shape index (κ3) is 3.84. The zero-order valence-electron chi connectivity index (χ0n) is 10.7. The van der Waals surface area contributed by atoms with Gasteiger partial charge in [0.2, 0.25) is 0 Å². The Morgan fingerprint density at radius 1 is 1.42 bits per heavy atom. The van der Waals surface area contributed by atoms with Gasteiger partial charge in [0.15, 0.2) is 0 Å². The molecule has 1 aliphatic heterocycles. The summed E-state index contributed by atoms with van der Waals surface area (Å²) >= 11 is 3.32. The molecule has 4 nitrogen and oxygen atoms in total. The Morgan fingerprint density at radius 2 is 2.05 bits per heavy atom. The van der Waals surface area contributed by atoms with Crippen LogP contribution in [0.3, 0.4) is 0 Å². The minimum absolute atomic E-state index is 0. The Morgan fingerprint density at radius 3 is 2.68 bits per heavy atom. The van der Waals surface area contributed by atoms with Gasteiger partial charge in [-0.15, -0.1) is 12.4 Å². The first-order chi connectivity index (χ1) is 8.59. The van der Waals surface area contributed by atoms with Gasteiger partial charge < -0.3 is 15.3 Å². The number of nitrogens with one attached hydrogen (secondary N) is 1.